The van der Waals surface area contributed by atoms with Gasteiger partial charge in [-0.2, -0.15) is 0 Å². The molecule has 1 atom stereocenters. The van der Waals surface area contributed by atoms with Gasteiger partial charge >= 0.3 is 0 Å². The van der Waals surface area contributed by atoms with E-state index >= 15 is 0 Å². The van der Waals surface area contributed by atoms with Gasteiger partial charge in [-0.15, -0.1) is 0 Å². The van der Waals surface area contributed by atoms with Crippen molar-refractivity contribution in [1.29, 1.82) is 0 Å². The van der Waals surface area contributed by atoms with Crippen LogP contribution in [0.2, 0.25) is 0 Å². The van der Waals surface area contributed by atoms with Gasteiger partial charge < -0.3 is 0 Å². The zero-order chi connectivity index (χ0) is 13.8. The Balaban J connectivity index is 2.82. The summed E-state index contributed by atoms with van der Waals surface area (Å²) in [6.45, 7) is 18.5. The third-order valence-electron chi connectivity index (χ3n) is 5.07. The van der Waals surface area contributed by atoms with Gasteiger partial charge in [-0.1, -0.05) is 26.3 Å². The molecule has 0 spiro atoms. The predicted octanol–water partition coefficient (Wildman–Crippen LogP) is 5.47. The molecule has 0 aromatic heterocycles. The molecule has 0 aliphatic heterocycles. The van der Waals surface area contributed by atoms with E-state index in [2.05, 4.69) is 55.4 Å². The Hall–Kier alpha value is -1.04. The molecule has 0 fully saturated rings. The summed E-state index contributed by atoms with van der Waals surface area (Å²) < 4.78 is 0. The van der Waals surface area contributed by atoms with E-state index < -0.39 is 0 Å². The summed E-state index contributed by atoms with van der Waals surface area (Å²) in [4.78, 5) is 0. The molecule has 0 N–H and O–H groups in total. The fourth-order valence-electron chi connectivity index (χ4n) is 3.92. The maximum atomic E-state index is 2.38. The van der Waals surface area contributed by atoms with Crippen molar-refractivity contribution in [2.45, 2.75) is 61.3 Å². The fourth-order valence-corrected chi connectivity index (χ4v) is 3.92. The summed E-state index contributed by atoms with van der Waals surface area (Å²) in [5.74, 6) is 1.24. The first-order valence-electron chi connectivity index (χ1n) is 7.10. The second kappa shape index (κ2) is 4.26. The van der Waals surface area contributed by atoms with E-state index in [4.69, 9.17) is 0 Å². The molecule has 2 rings (SSSR count). The summed E-state index contributed by atoms with van der Waals surface area (Å²) in [6, 6.07) is 0. The average Bonchev–Trinajstić information content (AvgIpc) is 2.55. The van der Waals surface area contributed by atoms with Gasteiger partial charge in [0.05, 0.1) is 0 Å². The van der Waals surface area contributed by atoms with E-state index in [0.29, 0.717) is 11.8 Å². The summed E-state index contributed by atoms with van der Waals surface area (Å²) in [7, 11) is 0. The number of hydrogen-bond donors (Lipinski definition) is 0. The zero-order valence-corrected chi connectivity index (χ0v) is 13.2. The zero-order valence-electron chi connectivity index (χ0n) is 13.2. The lowest BCUT2D eigenvalue weighted by Crippen LogP contribution is -2.04. The van der Waals surface area contributed by atoms with E-state index in [1.807, 2.05) is 0 Å². The normalized spacial score (nSPS) is 18.8. The van der Waals surface area contributed by atoms with Crippen molar-refractivity contribution >= 4 is 5.57 Å². The Labute approximate surface area is 112 Å². The van der Waals surface area contributed by atoms with Crippen LogP contribution in [0.3, 0.4) is 0 Å². The second-order valence-corrected chi connectivity index (χ2v) is 6.25. The molecule has 98 valence electrons. The molecule has 1 aliphatic carbocycles. The molecule has 0 radical (unpaired) electrons. The van der Waals surface area contributed by atoms with Gasteiger partial charge in [-0.05, 0) is 79.5 Å². The van der Waals surface area contributed by atoms with E-state index in [1.165, 1.54) is 27.8 Å². The minimum absolute atomic E-state index is 0.595. The van der Waals surface area contributed by atoms with E-state index in [-0.39, 0.29) is 0 Å². The smallest absolute Gasteiger partial charge is 0.00371 e. The summed E-state index contributed by atoms with van der Waals surface area (Å²) in [6.07, 6.45) is 0. The number of hydrogen-bond acceptors (Lipinski definition) is 0. The molecule has 1 aromatic rings. The van der Waals surface area contributed by atoms with Gasteiger partial charge in [0.1, 0.15) is 0 Å². The Kier molecular flexibility index (Phi) is 3.17. The SMILES string of the molecule is CC1=C(C(C)C)C(C)c2c(C)c(C)c(C)c(C)c21. The van der Waals surface area contributed by atoms with Gasteiger partial charge in [0.2, 0.25) is 0 Å². The van der Waals surface area contributed by atoms with Crippen LogP contribution in [0.5, 0.6) is 0 Å². The summed E-state index contributed by atoms with van der Waals surface area (Å²) in [5, 5.41) is 0. The topological polar surface area (TPSA) is 0 Å². The van der Waals surface area contributed by atoms with Crippen LogP contribution < -0.4 is 0 Å². The third kappa shape index (κ3) is 1.58. The first kappa shape index (κ1) is 13.4. The lowest BCUT2D eigenvalue weighted by atomic mass is 9.85. The number of rotatable bonds is 1. The predicted molar refractivity (Wildman–Crippen MR) is 81.2 cm³/mol. The Bertz CT molecular complexity index is 542. The highest BCUT2D eigenvalue weighted by atomic mass is 14.4. The Morgan fingerprint density at radius 3 is 1.78 bits per heavy atom. The van der Waals surface area contributed by atoms with Crippen molar-refractivity contribution in [3.05, 3.63) is 39.0 Å². The number of benzene rings is 1. The molecule has 0 heteroatoms. The molecule has 1 aromatic carbocycles. The van der Waals surface area contributed by atoms with Gasteiger partial charge in [-0.25, -0.2) is 0 Å². The lowest BCUT2D eigenvalue weighted by Gasteiger charge is -2.20. The molecule has 0 heterocycles. The van der Waals surface area contributed by atoms with Crippen LogP contribution in [0.4, 0.5) is 0 Å². The molecule has 0 bridgehead atoms. The van der Waals surface area contributed by atoms with Crippen LogP contribution in [-0.4, -0.2) is 0 Å². The molecule has 0 saturated heterocycles. The van der Waals surface area contributed by atoms with Crippen molar-refractivity contribution in [2.24, 2.45) is 5.92 Å². The maximum absolute atomic E-state index is 2.38. The second-order valence-electron chi connectivity index (χ2n) is 6.25. The van der Waals surface area contributed by atoms with Crippen molar-refractivity contribution in [3.63, 3.8) is 0 Å². The summed E-state index contributed by atoms with van der Waals surface area (Å²) in [5.41, 5.74) is 12.3. The monoisotopic (exact) mass is 242 g/mol. The highest BCUT2D eigenvalue weighted by molar-refractivity contribution is 5.81. The van der Waals surface area contributed by atoms with Crippen LogP contribution in [0.25, 0.3) is 5.57 Å². The van der Waals surface area contributed by atoms with Crippen LogP contribution in [0.1, 0.15) is 67.0 Å². The number of fused-ring (bicyclic) bond motifs is 1. The van der Waals surface area contributed by atoms with Crippen molar-refractivity contribution in [1.82, 2.24) is 0 Å². The van der Waals surface area contributed by atoms with Crippen molar-refractivity contribution in [3.8, 4) is 0 Å². The number of allylic oxidation sites excluding steroid dienone is 2. The highest BCUT2D eigenvalue weighted by Gasteiger charge is 2.31. The molecule has 0 saturated carbocycles. The van der Waals surface area contributed by atoms with Gasteiger partial charge in [0.25, 0.3) is 0 Å². The Morgan fingerprint density at radius 2 is 1.28 bits per heavy atom. The first-order valence-corrected chi connectivity index (χ1v) is 7.10. The molecule has 1 unspecified atom stereocenters. The van der Waals surface area contributed by atoms with Crippen LogP contribution >= 0.6 is 0 Å². The molecule has 1 aliphatic rings. The minimum Gasteiger partial charge on any atom is -0.0590 e. The maximum Gasteiger partial charge on any atom is 0.00371 e. The Morgan fingerprint density at radius 1 is 0.778 bits per heavy atom. The largest absolute Gasteiger partial charge is 0.0590 e. The summed E-state index contributed by atoms with van der Waals surface area (Å²) >= 11 is 0. The molecule has 18 heavy (non-hydrogen) atoms. The molecule has 0 amide bonds. The third-order valence-corrected chi connectivity index (χ3v) is 5.07. The van der Waals surface area contributed by atoms with Gasteiger partial charge in [0, 0.05) is 5.92 Å². The van der Waals surface area contributed by atoms with Crippen molar-refractivity contribution < 1.29 is 0 Å². The van der Waals surface area contributed by atoms with Crippen LogP contribution in [0.15, 0.2) is 5.57 Å². The quantitative estimate of drug-likeness (QED) is 0.613. The van der Waals surface area contributed by atoms with Gasteiger partial charge in [-0.3, -0.25) is 0 Å². The van der Waals surface area contributed by atoms with Crippen LogP contribution in [0, 0.1) is 33.6 Å². The van der Waals surface area contributed by atoms with Crippen LogP contribution in [-0.2, 0) is 0 Å². The lowest BCUT2D eigenvalue weighted by molar-refractivity contribution is 0.694. The van der Waals surface area contributed by atoms with E-state index in [9.17, 15) is 0 Å². The standard InChI is InChI=1S/C18H26/c1-9(2)16-14(7)17-12(5)10(3)11(4)13(6)18(17)15(16)8/h9,14H,1-8H3. The average molecular weight is 242 g/mol. The first-order chi connectivity index (χ1) is 8.29. The van der Waals surface area contributed by atoms with Gasteiger partial charge in [0.15, 0.2) is 0 Å². The highest BCUT2D eigenvalue weighted by Crippen LogP contribution is 2.48. The molecular formula is C18H26. The molecule has 0 nitrogen and oxygen atoms in total. The van der Waals surface area contributed by atoms with E-state index in [1.54, 1.807) is 16.7 Å². The minimum atomic E-state index is 0.595. The van der Waals surface area contributed by atoms with Crippen molar-refractivity contribution in [2.75, 3.05) is 0 Å². The van der Waals surface area contributed by atoms with E-state index in [0.717, 1.165) is 0 Å². The fraction of sp³-hybridized carbons (Fsp3) is 0.556. The molecular weight excluding hydrogens is 216 g/mol.